The second-order valence-corrected chi connectivity index (χ2v) is 8.81. The smallest absolute Gasteiger partial charge is 0.174 e. The molecule has 0 saturated carbocycles. The molecule has 0 unspecified atom stereocenters. The van der Waals surface area contributed by atoms with E-state index >= 15 is 0 Å². The lowest BCUT2D eigenvalue weighted by Crippen LogP contribution is -2.29. The summed E-state index contributed by atoms with van der Waals surface area (Å²) in [6.07, 6.45) is 1.78. The molecule has 1 N–H and O–H groups in total. The highest BCUT2D eigenvalue weighted by atomic mass is 35.5. The van der Waals surface area contributed by atoms with Crippen molar-refractivity contribution in [3.63, 3.8) is 0 Å². The van der Waals surface area contributed by atoms with Gasteiger partial charge in [0, 0.05) is 17.4 Å². The average Bonchev–Trinajstić information content (AvgIpc) is 3.41. The Kier molecular flexibility index (Phi) is 5.64. The lowest BCUT2D eigenvalue weighted by Gasteiger charge is -2.26. The van der Waals surface area contributed by atoms with Gasteiger partial charge in [-0.3, -0.25) is 4.98 Å². The number of rotatable bonds is 4. The van der Waals surface area contributed by atoms with Crippen LogP contribution >= 0.6 is 35.4 Å². The molecule has 0 spiro atoms. The van der Waals surface area contributed by atoms with E-state index in [4.69, 9.17) is 39.8 Å². The van der Waals surface area contributed by atoms with Crippen LogP contribution < -0.4 is 10.2 Å². The van der Waals surface area contributed by atoms with Crippen LogP contribution in [0.3, 0.4) is 0 Å². The largest absolute Gasteiger partial charge is 0.459 e. The van der Waals surface area contributed by atoms with E-state index in [-0.39, 0.29) is 12.1 Å². The van der Waals surface area contributed by atoms with E-state index in [0.717, 1.165) is 28.3 Å². The molecule has 1 aliphatic rings. The number of hydrogen-bond acceptors (Lipinski definition) is 3. The van der Waals surface area contributed by atoms with E-state index in [1.807, 2.05) is 54.6 Å². The maximum Gasteiger partial charge on any atom is 0.174 e. The van der Waals surface area contributed by atoms with E-state index in [0.29, 0.717) is 20.9 Å². The number of thiocarbonyl (C=S) groups is 1. The number of nitrogens with one attached hydrogen (secondary N) is 1. The molecule has 160 valence electrons. The molecule has 2 atom stereocenters. The number of halogens is 2. The van der Waals surface area contributed by atoms with Crippen LogP contribution in [0.15, 0.2) is 83.4 Å². The molecule has 0 aliphatic carbocycles. The van der Waals surface area contributed by atoms with Crippen LogP contribution in [-0.4, -0.2) is 10.1 Å². The van der Waals surface area contributed by atoms with Gasteiger partial charge in [0.1, 0.15) is 17.6 Å². The normalized spacial score (nSPS) is 18.1. The number of furan rings is 1. The summed E-state index contributed by atoms with van der Waals surface area (Å²) in [5.41, 5.74) is 3.77. The highest BCUT2D eigenvalue weighted by molar-refractivity contribution is 7.80. The fraction of sp³-hybridized carbons (Fsp3) is 0.120. The Hall–Kier alpha value is -2.86. The third kappa shape index (κ3) is 3.77. The van der Waals surface area contributed by atoms with Crippen LogP contribution in [0.5, 0.6) is 0 Å². The number of benzene rings is 2. The molecule has 5 rings (SSSR count). The fourth-order valence-electron chi connectivity index (χ4n) is 4.05. The molecular weight excluding hydrogens is 461 g/mol. The molecule has 32 heavy (non-hydrogen) atoms. The Balaban J connectivity index is 1.62. The van der Waals surface area contributed by atoms with Crippen molar-refractivity contribution in [1.29, 1.82) is 0 Å². The van der Waals surface area contributed by atoms with Crippen molar-refractivity contribution in [3.8, 4) is 11.3 Å². The molecule has 1 aliphatic heterocycles. The first-order chi connectivity index (χ1) is 15.5. The van der Waals surface area contributed by atoms with E-state index in [9.17, 15) is 0 Å². The predicted octanol–water partition coefficient (Wildman–Crippen LogP) is 7.13. The van der Waals surface area contributed by atoms with Crippen molar-refractivity contribution in [3.05, 3.63) is 106 Å². The Labute approximate surface area is 201 Å². The summed E-state index contributed by atoms with van der Waals surface area (Å²) >= 11 is 18.4. The highest BCUT2D eigenvalue weighted by Gasteiger charge is 2.42. The zero-order chi connectivity index (χ0) is 22.2. The van der Waals surface area contributed by atoms with Gasteiger partial charge in [0.05, 0.1) is 21.8 Å². The SMILES string of the molecule is Cc1cccc(N2C(=S)N[C@@H](c3ccccn3)[C@H]2c2ccc(-c3cccc(Cl)c3Cl)o2)c1. The molecule has 1 saturated heterocycles. The molecule has 0 amide bonds. The van der Waals surface area contributed by atoms with Crippen LogP contribution in [-0.2, 0) is 0 Å². The number of anilines is 1. The van der Waals surface area contributed by atoms with Crippen LogP contribution in [0, 0.1) is 6.92 Å². The topological polar surface area (TPSA) is 41.3 Å². The van der Waals surface area contributed by atoms with Gasteiger partial charge in [0.25, 0.3) is 0 Å². The molecule has 4 aromatic rings. The van der Waals surface area contributed by atoms with Gasteiger partial charge in [0.2, 0.25) is 0 Å². The second-order valence-electron chi connectivity index (χ2n) is 7.64. The second kappa shape index (κ2) is 8.58. The van der Waals surface area contributed by atoms with E-state index in [2.05, 4.69) is 34.3 Å². The first-order valence-corrected chi connectivity index (χ1v) is 11.3. The lowest BCUT2D eigenvalue weighted by atomic mass is 10.0. The van der Waals surface area contributed by atoms with Gasteiger partial charge in [-0.25, -0.2) is 0 Å². The van der Waals surface area contributed by atoms with Gasteiger partial charge in [-0.05, 0) is 73.2 Å². The monoisotopic (exact) mass is 479 g/mol. The zero-order valence-corrected chi connectivity index (χ0v) is 19.5. The third-order valence-corrected chi connectivity index (χ3v) is 6.65. The average molecular weight is 480 g/mol. The van der Waals surface area contributed by atoms with Gasteiger partial charge in [-0.15, -0.1) is 0 Å². The molecule has 0 radical (unpaired) electrons. The van der Waals surface area contributed by atoms with Crippen molar-refractivity contribution >= 4 is 46.2 Å². The molecule has 7 heteroatoms. The van der Waals surface area contributed by atoms with Crippen molar-refractivity contribution in [2.75, 3.05) is 4.90 Å². The molecular formula is C25H19Cl2N3OS. The van der Waals surface area contributed by atoms with Crippen LogP contribution in [0.25, 0.3) is 11.3 Å². The maximum absolute atomic E-state index is 6.44. The van der Waals surface area contributed by atoms with Gasteiger partial charge in [-0.2, -0.15) is 0 Å². The van der Waals surface area contributed by atoms with E-state index < -0.39 is 0 Å². The number of aromatic nitrogens is 1. The quantitative estimate of drug-likeness (QED) is 0.315. The summed E-state index contributed by atoms with van der Waals surface area (Å²) in [7, 11) is 0. The minimum absolute atomic E-state index is 0.182. The maximum atomic E-state index is 6.44. The van der Waals surface area contributed by atoms with E-state index in [1.165, 1.54) is 0 Å². The Morgan fingerprint density at radius 1 is 1.00 bits per heavy atom. The molecule has 0 bridgehead atoms. The van der Waals surface area contributed by atoms with Crippen molar-refractivity contribution in [1.82, 2.24) is 10.3 Å². The Bertz CT molecular complexity index is 1290. The number of aryl methyl sites for hydroxylation is 1. The minimum Gasteiger partial charge on any atom is -0.459 e. The standard InChI is InChI=1S/C25H19Cl2N3OS/c1-15-6-4-7-16(14-15)30-24(23(29-25(30)32)19-10-2-3-13-28-19)21-12-11-20(31-21)17-8-5-9-18(26)22(17)27/h2-14,23-24H,1H3,(H,29,32)/t23-,24+/m0/s1. The van der Waals surface area contributed by atoms with Crippen molar-refractivity contribution in [2.24, 2.45) is 0 Å². The fourth-order valence-corrected chi connectivity index (χ4v) is 4.79. The Morgan fingerprint density at radius 2 is 1.84 bits per heavy atom. The van der Waals surface area contributed by atoms with Gasteiger partial charge < -0.3 is 14.6 Å². The van der Waals surface area contributed by atoms with Gasteiger partial charge in [0.15, 0.2) is 5.11 Å². The van der Waals surface area contributed by atoms with Gasteiger partial charge in [-0.1, -0.05) is 47.5 Å². The third-order valence-electron chi connectivity index (χ3n) is 5.51. The minimum atomic E-state index is -0.231. The number of hydrogen-bond donors (Lipinski definition) is 1. The lowest BCUT2D eigenvalue weighted by molar-refractivity contribution is 0.439. The van der Waals surface area contributed by atoms with Crippen LogP contribution in [0.1, 0.15) is 29.1 Å². The number of nitrogens with zero attached hydrogens (tertiary/aromatic N) is 2. The summed E-state index contributed by atoms with van der Waals surface area (Å²) in [5, 5.41) is 5.01. The summed E-state index contributed by atoms with van der Waals surface area (Å²) < 4.78 is 6.36. The van der Waals surface area contributed by atoms with E-state index in [1.54, 1.807) is 12.3 Å². The van der Waals surface area contributed by atoms with Crippen molar-refractivity contribution < 1.29 is 4.42 Å². The van der Waals surface area contributed by atoms with Crippen LogP contribution in [0.2, 0.25) is 10.0 Å². The summed E-state index contributed by atoms with van der Waals surface area (Å²) in [5.74, 6) is 1.40. The molecule has 4 nitrogen and oxygen atoms in total. The highest BCUT2D eigenvalue weighted by Crippen LogP contribution is 2.44. The zero-order valence-electron chi connectivity index (χ0n) is 17.1. The molecule has 2 aromatic heterocycles. The Morgan fingerprint density at radius 3 is 2.62 bits per heavy atom. The number of pyridine rings is 1. The molecule has 2 aromatic carbocycles. The first kappa shape index (κ1) is 21.0. The summed E-state index contributed by atoms with van der Waals surface area (Å²) in [6, 6.07) is 23.1. The first-order valence-electron chi connectivity index (χ1n) is 10.1. The summed E-state index contributed by atoms with van der Waals surface area (Å²) in [4.78, 5) is 6.67. The van der Waals surface area contributed by atoms with Crippen LogP contribution in [0.4, 0.5) is 5.69 Å². The molecule has 3 heterocycles. The predicted molar refractivity (Wildman–Crippen MR) is 133 cm³/mol. The van der Waals surface area contributed by atoms with Gasteiger partial charge >= 0.3 is 0 Å². The summed E-state index contributed by atoms with van der Waals surface area (Å²) in [6.45, 7) is 2.06. The molecule has 1 fully saturated rings. The van der Waals surface area contributed by atoms with Crippen molar-refractivity contribution in [2.45, 2.75) is 19.0 Å².